The summed E-state index contributed by atoms with van der Waals surface area (Å²) in [6.07, 6.45) is 1.16. The van der Waals surface area contributed by atoms with E-state index in [1.54, 1.807) is 6.07 Å². The van der Waals surface area contributed by atoms with Crippen molar-refractivity contribution in [2.45, 2.75) is 6.42 Å². The Kier molecular flexibility index (Phi) is 2.98. The number of hydrogen-bond donors (Lipinski definition) is 1. The van der Waals surface area contributed by atoms with E-state index in [0.717, 1.165) is 0 Å². The van der Waals surface area contributed by atoms with Crippen LogP contribution in [0.15, 0.2) is 21.5 Å². The summed E-state index contributed by atoms with van der Waals surface area (Å²) in [5, 5.41) is 8.26. The fourth-order valence-electron chi connectivity index (χ4n) is 0.831. The molecule has 0 spiro atoms. The maximum Gasteiger partial charge on any atom is 0.258 e. The molecule has 1 N–H and O–H groups in total. The maximum absolute atomic E-state index is 11.2. The molecule has 0 fully saturated rings. The lowest BCUT2D eigenvalue weighted by Crippen LogP contribution is -2.16. The molecule has 5 heteroatoms. The van der Waals surface area contributed by atoms with E-state index >= 15 is 0 Å². The zero-order chi connectivity index (χ0) is 9.84. The van der Waals surface area contributed by atoms with E-state index in [-0.39, 0.29) is 12.0 Å². The number of nitriles is 1. The van der Waals surface area contributed by atoms with Crippen LogP contribution >= 0.6 is 15.9 Å². The summed E-state index contributed by atoms with van der Waals surface area (Å²) in [6, 6.07) is 3.10. The third-order valence-corrected chi connectivity index (χ3v) is 1.87. The number of aromatic amines is 1. The second kappa shape index (κ2) is 4.01. The van der Waals surface area contributed by atoms with E-state index < -0.39 is 11.3 Å². The SMILES string of the molecule is N#CCC(=O)c1cc(Br)c[nH]c1=O. The quantitative estimate of drug-likeness (QED) is 0.791. The Bertz CT molecular complexity index is 431. The molecule has 0 bridgehead atoms. The van der Waals surface area contributed by atoms with Crippen molar-refractivity contribution in [3.63, 3.8) is 0 Å². The van der Waals surface area contributed by atoms with Crippen LogP contribution in [0.4, 0.5) is 0 Å². The Labute approximate surface area is 82.3 Å². The molecule has 13 heavy (non-hydrogen) atoms. The van der Waals surface area contributed by atoms with Gasteiger partial charge in [0.15, 0.2) is 5.78 Å². The number of Topliss-reactive ketones (excluding diaryl/α,β-unsaturated/α-hetero) is 1. The fourth-order valence-corrected chi connectivity index (χ4v) is 1.17. The molecule has 1 aromatic heterocycles. The van der Waals surface area contributed by atoms with Crippen molar-refractivity contribution in [3.8, 4) is 6.07 Å². The second-order valence-electron chi connectivity index (χ2n) is 2.32. The predicted molar refractivity (Wildman–Crippen MR) is 49.3 cm³/mol. The number of ketones is 1. The van der Waals surface area contributed by atoms with Gasteiger partial charge in [0.05, 0.1) is 18.1 Å². The molecule has 0 radical (unpaired) electrons. The van der Waals surface area contributed by atoms with E-state index in [1.807, 2.05) is 0 Å². The van der Waals surface area contributed by atoms with Gasteiger partial charge in [-0.15, -0.1) is 0 Å². The lowest BCUT2D eigenvalue weighted by Gasteiger charge is -1.95. The smallest absolute Gasteiger partial charge is 0.258 e. The van der Waals surface area contributed by atoms with Gasteiger partial charge in [0.25, 0.3) is 5.56 Å². The van der Waals surface area contributed by atoms with Crippen LogP contribution in [-0.2, 0) is 0 Å². The van der Waals surface area contributed by atoms with Crippen LogP contribution in [0.25, 0.3) is 0 Å². The molecule has 0 unspecified atom stereocenters. The summed E-state index contributed by atoms with van der Waals surface area (Å²) < 4.78 is 0.605. The molecule has 0 aliphatic carbocycles. The van der Waals surface area contributed by atoms with Crippen molar-refractivity contribution in [3.05, 3.63) is 32.7 Å². The Morgan fingerprint density at radius 1 is 1.69 bits per heavy atom. The summed E-state index contributed by atoms with van der Waals surface area (Å²) in [4.78, 5) is 24.6. The van der Waals surface area contributed by atoms with Crippen LogP contribution in [0.5, 0.6) is 0 Å². The fraction of sp³-hybridized carbons (Fsp3) is 0.125. The van der Waals surface area contributed by atoms with E-state index in [4.69, 9.17) is 5.26 Å². The minimum atomic E-state index is -0.469. The van der Waals surface area contributed by atoms with Gasteiger partial charge in [0.2, 0.25) is 0 Å². The molecule has 0 amide bonds. The third-order valence-electron chi connectivity index (χ3n) is 1.41. The van der Waals surface area contributed by atoms with E-state index in [1.165, 1.54) is 12.3 Å². The zero-order valence-electron chi connectivity index (χ0n) is 6.50. The minimum Gasteiger partial charge on any atom is -0.327 e. The average Bonchev–Trinajstić information content (AvgIpc) is 2.09. The molecule has 0 aromatic carbocycles. The van der Waals surface area contributed by atoms with Crippen LogP contribution in [0.3, 0.4) is 0 Å². The number of nitrogens with zero attached hydrogens (tertiary/aromatic N) is 1. The Balaban J connectivity index is 3.15. The number of rotatable bonds is 2. The Morgan fingerprint density at radius 3 is 3.00 bits per heavy atom. The predicted octanol–water partition coefficient (Wildman–Crippen LogP) is 1.23. The highest BCUT2D eigenvalue weighted by molar-refractivity contribution is 9.10. The average molecular weight is 241 g/mol. The van der Waals surface area contributed by atoms with Crippen LogP contribution in [0.1, 0.15) is 16.8 Å². The lowest BCUT2D eigenvalue weighted by atomic mass is 10.1. The topological polar surface area (TPSA) is 73.7 Å². The van der Waals surface area contributed by atoms with E-state index in [9.17, 15) is 9.59 Å². The number of H-pyrrole nitrogens is 1. The number of pyridine rings is 1. The van der Waals surface area contributed by atoms with Crippen LogP contribution in [0, 0.1) is 11.3 Å². The van der Waals surface area contributed by atoms with Crippen molar-refractivity contribution in [1.29, 1.82) is 5.26 Å². The van der Waals surface area contributed by atoms with Gasteiger partial charge < -0.3 is 4.98 Å². The molecule has 4 nitrogen and oxygen atoms in total. The van der Waals surface area contributed by atoms with Gasteiger partial charge in [-0.3, -0.25) is 9.59 Å². The molecule has 0 aliphatic rings. The highest BCUT2D eigenvalue weighted by Crippen LogP contribution is 2.07. The van der Waals surface area contributed by atoms with Crippen molar-refractivity contribution < 1.29 is 4.79 Å². The molecule has 0 atom stereocenters. The number of carbonyl (C=O) groups is 1. The third kappa shape index (κ3) is 2.26. The first-order chi connectivity index (χ1) is 6.15. The molecular formula is C8H5BrN2O2. The minimum absolute atomic E-state index is 0.0101. The first kappa shape index (κ1) is 9.68. The highest BCUT2D eigenvalue weighted by atomic mass is 79.9. The first-order valence-corrected chi connectivity index (χ1v) is 4.23. The molecule has 1 rings (SSSR count). The van der Waals surface area contributed by atoms with Gasteiger partial charge in [-0.05, 0) is 22.0 Å². The molecule has 0 saturated heterocycles. The standard InChI is InChI=1S/C8H5BrN2O2/c9-5-3-6(7(12)1-2-10)8(13)11-4-5/h3-4H,1H2,(H,11,13). The summed E-state index contributed by atoms with van der Waals surface area (Å²) in [6.45, 7) is 0. The van der Waals surface area contributed by atoms with E-state index in [2.05, 4.69) is 20.9 Å². The van der Waals surface area contributed by atoms with Crippen LogP contribution in [0.2, 0.25) is 0 Å². The number of nitrogens with one attached hydrogen (secondary N) is 1. The van der Waals surface area contributed by atoms with Crippen molar-refractivity contribution in [2.75, 3.05) is 0 Å². The van der Waals surface area contributed by atoms with Gasteiger partial charge in [0, 0.05) is 10.7 Å². The largest absolute Gasteiger partial charge is 0.327 e. The van der Waals surface area contributed by atoms with E-state index in [0.29, 0.717) is 4.47 Å². The van der Waals surface area contributed by atoms with Gasteiger partial charge in [0.1, 0.15) is 0 Å². The zero-order valence-corrected chi connectivity index (χ0v) is 8.09. The number of aromatic nitrogens is 1. The molecule has 0 saturated carbocycles. The summed E-state index contributed by atoms with van der Waals surface area (Å²) >= 11 is 3.11. The Morgan fingerprint density at radius 2 is 2.38 bits per heavy atom. The van der Waals surface area contributed by atoms with Gasteiger partial charge in [-0.25, -0.2) is 0 Å². The second-order valence-corrected chi connectivity index (χ2v) is 3.23. The van der Waals surface area contributed by atoms with Crippen LogP contribution < -0.4 is 5.56 Å². The van der Waals surface area contributed by atoms with Crippen molar-refractivity contribution in [2.24, 2.45) is 0 Å². The number of halogens is 1. The molecule has 66 valence electrons. The lowest BCUT2D eigenvalue weighted by molar-refractivity contribution is 0.0996. The summed E-state index contributed by atoms with van der Waals surface area (Å²) in [5.74, 6) is -0.468. The van der Waals surface area contributed by atoms with Gasteiger partial charge >= 0.3 is 0 Å². The number of carbonyl (C=O) groups excluding carboxylic acids is 1. The highest BCUT2D eigenvalue weighted by Gasteiger charge is 2.09. The normalized spacial score (nSPS) is 9.23. The molecule has 0 aliphatic heterocycles. The van der Waals surface area contributed by atoms with Gasteiger partial charge in [-0.2, -0.15) is 5.26 Å². The summed E-state index contributed by atoms with van der Waals surface area (Å²) in [7, 11) is 0. The summed E-state index contributed by atoms with van der Waals surface area (Å²) in [5.41, 5.74) is -0.459. The Hall–Kier alpha value is -1.41. The number of hydrogen-bond acceptors (Lipinski definition) is 3. The van der Waals surface area contributed by atoms with Crippen LogP contribution in [-0.4, -0.2) is 10.8 Å². The molecule has 1 aromatic rings. The molecule has 1 heterocycles. The van der Waals surface area contributed by atoms with Gasteiger partial charge in [-0.1, -0.05) is 0 Å². The monoisotopic (exact) mass is 240 g/mol. The van der Waals surface area contributed by atoms with Crippen molar-refractivity contribution >= 4 is 21.7 Å². The molecular weight excluding hydrogens is 236 g/mol. The maximum atomic E-state index is 11.2. The first-order valence-electron chi connectivity index (χ1n) is 3.43. The van der Waals surface area contributed by atoms with Crippen molar-refractivity contribution in [1.82, 2.24) is 4.98 Å².